The highest BCUT2D eigenvalue weighted by atomic mass is 35.5. The van der Waals surface area contributed by atoms with E-state index in [9.17, 15) is 0 Å². The van der Waals surface area contributed by atoms with Crippen molar-refractivity contribution in [3.05, 3.63) is 35.4 Å². The molecule has 1 aliphatic heterocycles. The van der Waals surface area contributed by atoms with E-state index in [-0.39, 0.29) is 12.4 Å². The van der Waals surface area contributed by atoms with Crippen LogP contribution in [0.5, 0.6) is 0 Å². The number of piperidine rings is 1. The van der Waals surface area contributed by atoms with Gasteiger partial charge >= 0.3 is 0 Å². The molecule has 0 saturated carbocycles. The fourth-order valence-electron chi connectivity index (χ4n) is 2.76. The molecule has 2 atom stereocenters. The predicted octanol–water partition coefficient (Wildman–Crippen LogP) is 3.72. The van der Waals surface area contributed by atoms with E-state index >= 15 is 0 Å². The molecule has 0 amide bonds. The number of nitrogens with zero attached hydrogens (tertiary/aromatic N) is 1. The van der Waals surface area contributed by atoms with Crippen LogP contribution in [0.15, 0.2) is 24.3 Å². The van der Waals surface area contributed by atoms with Crippen molar-refractivity contribution in [2.45, 2.75) is 51.6 Å². The van der Waals surface area contributed by atoms with E-state index in [0.29, 0.717) is 18.0 Å². The van der Waals surface area contributed by atoms with Crippen molar-refractivity contribution in [3.63, 3.8) is 0 Å². The van der Waals surface area contributed by atoms with Crippen molar-refractivity contribution in [2.24, 2.45) is 5.73 Å². The van der Waals surface area contributed by atoms with Crippen LogP contribution in [-0.2, 0) is 0 Å². The number of nitrogens with two attached hydrogens (primary N) is 1. The van der Waals surface area contributed by atoms with Gasteiger partial charge < -0.3 is 5.73 Å². The molecule has 3 heteroatoms. The van der Waals surface area contributed by atoms with Gasteiger partial charge in [-0.25, -0.2) is 0 Å². The lowest BCUT2D eigenvalue weighted by atomic mass is 9.97. The van der Waals surface area contributed by atoms with E-state index in [1.807, 2.05) is 0 Å². The van der Waals surface area contributed by atoms with Crippen LogP contribution < -0.4 is 5.73 Å². The van der Waals surface area contributed by atoms with E-state index < -0.39 is 0 Å². The normalized spacial score (nSPS) is 22.1. The lowest BCUT2D eigenvalue weighted by Crippen LogP contribution is -2.43. The molecule has 0 bridgehead atoms. The molecule has 2 unspecified atom stereocenters. The largest absolute Gasteiger partial charge is 0.327 e. The molecule has 0 aromatic heterocycles. The van der Waals surface area contributed by atoms with Gasteiger partial charge in [0.25, 0.3) is 0 Å². The van der Waals surface area contributed by atoms with Crippen LogP contribution in [0.25, 0.3) is 0 Å². The summed E-state index contributed by atoms with van der Waals surface area (Å²) >= 11 is 0. The molecule has 1 heterocycles. The number of halogens is 1. The molecule has 0 radical (unpaired) electrons. The Bertz CT molecular complexity index is 375. The number of hydrogen-bond acceptors (Lipinski definition) is 2. The third kappa shape index (κ3) is 4.20. The van der Waals surface area contributed by atoms with E-state index in [4.69, 9.17) is 5.73 Å². The topological polar surface area (TPSA) is 29.3 Å². The van der Waals surface area contributed by atoms with Crippen LogP contribution in [0.4, 0.5) is 0 Å². The molecule has 2 rings (SSSR count). The van der Waals surface area contributed by atoms with Crippen molar-refractivity contribution in [1.29, 1.82) is 0 Å². The van der Waals surface area contributed by atoms with Crippen LogP contribution >= 0.6 is 12.4 Å². The second-order valence-electron chi connectivity index (χ2n) is 5.89. The number of hydrogen-bond donors (Lipinski definition) is 1. The predicted molar refractivity (Wildman–Crippen MR) is 85.0 cm³/mol. The molecule has 1 fully saturated rings. The second-order valence-corrected chi connectivity index (χ2v) is 5.89. The Morgan fingerprint density at radius 3 is 2.21 bits per heavy atom. The Morgan fingerprint density at radius 1 is 1.11 bits per heavy atom. The maximum Gasteiger partial charge on any atom is 0.0320 e. The first kappa shape index (κ1) is 16.5. The first-order valence-corrected chi connectivity index (χ1v) is 7.17. The summed E-state index contributed by atoms with van der Waals surface area (Å²) in [5.41, 5.74) is 8.89. The van der Waals surface area contributed by atoms with Crippen LogP contribution in [0.3, 0.4) is 0 Å². The Hall–Kier alpha value is -0.570. The van der Waals surface area contributed by atoms with Gasteiger partial charge in [-0.05, 0) is 43.4 Å². The first-order chi connectivity index (χ1) is 8.58. The molecule has 1 aliphatic rings. The third-order valence-corrected chi connectivity index (χ3v) is 4.12. The van der Waals surface area contributed by atoms with Gasteiger partial charge in [-0.15, -0.1) is 12.4 Å². The molecule has 0 aliphatic carbocycles. The smallest absolute Gasteiger partial charge is 0.0320 e. The van der Waals surface area contributed by atoms with Crippen LogP contribution in [0, 0.1) is 0 Å². The van der Waals surface area contributed by atoms with Crippen molar-refractivity contribution < 1.29 is 0 Å². The summed E-state index contributed by atoms with van der Waals surface area (Å²) in [6.45, 7) is 8.99. The highest BCUT2D eigenvalue weighted by Crippen LogP contribution is 2.25. The number of benzene rings is 1. The summed E-state index contributed by atoms with van der Waals surface area (Å²) in [5.74, 6) is 0.609. The minimum atomic E-state index is 0. The highest BCUT2D eigenvalue weighted by Gasteiger charge is 2.22. The molecule has 0 spiro atoms. The Balaban J connectivity index is 0.00000180. The minimum Gasteiger partial charge on any atom is -0.327 e. The SMILES string of the molecule is CC(C)c1ccc(C(C)N2CCCC(N)C2)cc1.Cl. The van der Waals surface area contributed by atoms with Crippen LogP contribution in [0.2, 0.25) is 0 Å². The lowest BCUT2D eigenvalue weighted by molar-refractivity contribution is 0.159. The monoisotopic (exact) mass is 282 g/mol. The standard InChI is InChI=1S/C16H26N2.ClH/c1-12(2)14-6-8-15(9-7-14)13(3)18-10-4-5-16(17)11-18;/h6-9,12-13,16H,4-5,10-11,17H2,1-3H3;1H. The molecule has 1 saturated heterocycles. The van der Waals surface area contributed by atoms with Crippen LogP contribution in [-0.4, -0.2) is 24.0 Å². The molecule has 108 valence electrons. The van der Waals surface area contributed by atoms with E-state index in [2.05, 4.69) is 49.9 Å². The summed E-state index contributed by atoms with van der Waals surface area (Å²) in [6, 6.07) is 9.93. The summed E-state index contributed by atoms with van der Waals surface area (Å²) < 4.78 is 0. The average molecular weight is 283 g/mol. The van der Waals surface area contributed by atoms with Gasteiger partial charge in [-0.3, -0.25) is 4.90 Å². The third-order valence-electron chi connectivity index (χ3n) is 4.12. The van der Waals surface area contributed by atoms with Crippen molar-refractivity contribution in [1.82, 2.24) is 4.90 Å². The summed E-state index contributed by atoms with van der Waals surface area (Å²) in [6.07, 6.45) is 2.41. The van der Waals surface area contributed by atoms with Crippen molar-refractivity contribution in [3.8, 4) is 0 Å². The Labute approximate surface area is 123 Å². The molecule has 19 heavy (non-hydrogen) atoms. The maximum atomic E-state index is 6.06. The van der Waals surface area contributed by atoms with Gasteiger partial charge in [-0.1, -0.05) is 38.1 Å². The molecule has 2 N–H and O–H groups in total. The van der Waals surface area contributed by atoms with Gasteiger partial charge in [0.05, 0.1) is 0 Å². The van der Waals surface area contributed by atoms with Gasteiger partial charge in [-0.2, -0.15) is 0 Å². The molecular formula is C16H27ClN2. The molecule has 2 nitrogen and oxygen atoms in total. The molecule has 1 aromatic carbocycles. The highest BCUT2D eigenvalue weighted by molar-refractivity contribution is 5.85. The Morgan fingerprint density at radius 2 is 1.68 bits per heavy atom. The maximum absolute atomic E-state index is 6.06. The fourth-order valence-corrected chi connectivity index (χ4v) is 2.76. The summed E-state index contributed by atoms with van der Waals surface area (Å²) in [4.78, 5) is 2.51. The average Bonchev–Trinajstić information content (AvgIpc) is 2.38. The summed E-state index contributed by atoms with van der Waals surface area (Å²) in [5, 5.41) is 0. The lowest BCUT2D eigenvalue weighted by Gasteiger charge is -2.35. The van der Waals surface area contributed by atoms with E-state index in [1.54, 1.807) is 0 Å². The minimum absolute atomic E-state index is 0. The van der Waals surface area contributed by atoms with Crippen molar-refractivity contribution in [2.75, 3.05) is 13.1 Å². The zero-order valence-electron chi connectivity index (χ0n) is 12.3. The molecular weight excluding hydrogens is 256 g/mol. The second kappa shape index (κ2) is 7.28. The first-order valence-electron chi connectivity index (χ1n) is 7.17. The molecule has 1 aromatic rings. The zero-order chi connectivity index (χ0) is 13.1. The number of rotatable bonds is 3. The van der Waals surface area contributed by atoms with E-state index in [0.717, 1.165) is 6.54 Å². The van der Waals surface area contributed by atoms with Crippen molar-refractivity contribution >= 4 is 12.4 Å². The quantitative estimate of drug-likeness (QED) is 0.916. The zero-order valence-corrected chi connectivity index (χ0v) is 13.1. The van der Waals surface area contributed by atoms with E-state index in [1.165, 1.54) is 30.5 Å². The van der Waals surface area contributed by atoms with Gasteiger partial charge in [0.15, 0.2) is 0 Å². The van der Waals surface area contributed by atoms with Gasteiger partial charge in [0.2, 0.25) is 0 Å². The van der Waals surface area contributed by atoms with Crippen LogP contribution in [0.1, 0.15) is 56.7 Å². The fraction of sp³-hybridized carbons (Fsp3) is 0.625. The van der Waals surface area contributed by atoms with Gasteiger partial charge in [0, 0.05) is 18.6 Å². The Kier molecular flexibility index (Phi) is 6.31. The summed E-state index contributed by atoms with van der Waals surface area (Å²) in [7, 11) is 0. The van der Waals surface area contributed by atoms with Gasteiger partial charge in [0.1, 0.15) is 0 Å². The number of likely N-dealkylation sites (tertiary alicyclic amines) is 1.